The zero-order chi connectivity index (χ0) is 12.8. The zero-order valence-electron chi connectivity index (χ0n) is 11.3. The molecule has 0 aromatic heterocycles. The van der Waals surface area contributed by atoms with Crippen molar-refractivity contribution in [2.24, 2.45) is 11.7 Å². The van der Waals surface area contributed by atoms with Gasteiger partial charge in [0.1, 0.15) is 5.60 Å². The molecule has 2 aliphatic heterocycles. The summed E-state index contributed by atoms with van der Waals surface area (Å²) < 4.78 is 5.45. The lowest BCUT2D eigenvalue weighted by Crippen LogP contribution is -2.41. The first-order valence-electron chi connectivity index (χ1n) is 6.25. The highest BCUT2D eigenvalue weighted by atomic mass is 35.5. The van der Waals surface area contributed by atoms with E-state index in [1.54, 1.807) is 0 Å². The van der Waals surface area contributed by atoms with Crippen molar-refractivity contribution in [3.8, 4) is 0 Å². The number of fused-ring (bicyclic) bond motifs is 2. The van der Waals surface area contributed by atoms with E-state index in [0.29, 0.717) is 6.54 Å². The minimum absolute atomic E-state index is 0. The molecule has 0 aromatic rings. The van der Waals surface area contributed by atoms with Crippen LogP contribution < -0.4 is 5.73 Å². The third-order valence-electron chi connectivity index (χ3n) is 3.66. The first kappa shape index (κ1) is 15.3. The van der Waals surface area contributed by atoms with Crippen LogP contribution in [0.15, 0.2) is 12.2 Å². The van der Waals surface area contributed by atoms with Gasteiger partial charge in [0.15, 0.2) is 0 Å². The Labute approximate surface area is 115 Å². The Kier molecular flexibility index (Phi) is 4.34. The third-order valence-corrected chi connectivity index (χ3v) is 3.66. The van der Waals surface area contributed by atoms with E-state index in [1.807, 2.05) is 25.7 Å². The predicted molar refractivity (Wildman–Crippen MR) is 73.8 cm³/mol. The summed E-state index contributed by atoms with van der Waals surface area (Å²) in [5, 5.41) is 0. The summed E-state index contributed by atoms with van der Waals surface area (Å²) in [6.07, 6.45) is 1.80. The van der Waals surface area contributed by atoms with Gasteiger partial charge in [-0.3, -0.25) is 4.90 Å². The summed E-state index contributed by atoms with van der Waals surface area (Å²) in [4.78, 5) is 14.0. The van der Waals surface area contributed by atoms with Gasteiger partial charge in [-0.1, -0.05) is 6.58 Å². The number of hydrogen-bond donors (Lipinski definition) is 1. The summed E-state index contributed by atoms with van der Waals surface area (Å²) >= 11 is 0. The quantitative estimate of drug-likeness (QED) is 0.747. The first-order valence-corrected chi connectivity index (χ1v) is 6.25. The van der Waals surface area contributed by atoms with Crippen molar-refractivity contribution in [3.63, 3.8) is 0 Å². The largest absolute Gasteiger partial charge is 0.444 e. The fourth-order valence-corrected chi connectivity index (χ4v) is 2.98. The maximum Gasteiger partial charge on any atom is 0.411 e. The lowest BCUT2D eigenvalue weighted by molar-refractivity contribution is 0.0210. The number of hydrogen-bond acceptors (Lipinski definition) is 3. The van der Waals surface area contributed by atoms with Crippen molar-refractivity contribution in [3.05, 3.63) is 12.2 Å². The molecule has 1 amide bonds. The molecule has 0 unspecified atom stereocenters. The lowest BCUT2D eigenvalue weighted by Gasteiger charge is -2.27. The molecule has 0 spiro atoms. The number of carbonyl (C=O) groups is 1. The van der Waals surface area contributed by atoms with Gasteiger partial charge in [0, 0.05) is 18.5 Å². The molecule has 5 heteroatoms. The predicted octanol–water partition coefficient (Wildman–Crippen LogP) is 2.32. The van der Waals surface area contributed by atoms with E-state index in [0.717, 1.165) is 18.4 Å². The van der Waals surface area contributed by atoms with E-state index in [2.05, 4.69) is 6.58 Å². The minimum Gasteiger partial charge on any atom is -0.444 e. The Morgan fingerprint density at radius 1 is 1.50 bits per heavy atom. The van der Waals surface area contributed by atoms with Crippen LogP contribution in [0.1, 0.15) is 33.6 Å². The van der Waals surface area contributed by atoms with Gasteiger partial charge in [0.2, 0.25) is 0 Å². The molecule has 2 bridgehead atoms. The van der Waals surface area contributed by atoms with Crippen LogP contribution in [0.4, 0.5) is 4.79 Å². The third kappa shape index (κ3) is 2.50. The number of amides is 1. The Morgan fingerprint density at radius 3 is 2.56 bits per heavy atom. The summed E-state index contributed by atoms with van der Waals surface area (Å²) in [6.45, 7) is 10.3. The Balaban J connectivity index is 0.00000162. The van der Waals surface area contributed by atoms with Gasteiger partial charge in [0.05, 0.1) is 6.04 Å². The smallest absolute Gasteiger partial charge is 0.411 e. The molecule has 4 nitrogen and oxygen atoms in total. The minimum atomic E-state index is -0.446. The summed E-state index contributed by atoms with van der Waals surface area (Å²) in [6, 6.07) is 0.343. The maximum atomic E-state index is 12.2. The van der Waals surface area contributed by atoms with Crippen LogP contribution in [-0.4, -0.2) is 35.2 Å². The standard InChI is InChI=1S/C13H22N2O2.ClH/c1-8-9(7-14)11-6-5-10(8)15(11)12(16)17-13(2,3)4;/h9-11H,1,5-7,14H2,2-4H3;1H/t9-,10+,11-;/m1./s1. The second kappa shape index (κ2) is 5.10. The van der Waals surface area contributed by atoms with Gasteiger partial charge in [-0.2, -0.15) is 0 Å². The normalized spacial score (nSPS) is 30.3. The molecule has 2 rings (SSSR count). The van der Waals surface area contributed by atoms with Gasteiger partial charge in [-0.25, -0.2) is 4.79 Å². The van der Waals surface area contributed by atoms with Gasteiger partial charge < -0.3 is 10.5 Å². The molecule has 2 heterocycles. The average Bonchev–Trinajstić information content (AvgIpc) is 2.70. The van der Waals surface area contributed by atoms with Crippen LogP contribution in [-0.2, 0) is 4.74 Å². The monoisotopic (exact) mass is 274 g/mol. The molecule has 0 aliphatic carbocycles. The van der Waals surface area contributed by atoms with Gasteiger partial charge >= 0.3 is 6.09 Å². The molecule has 18 heavy (non-hydrogen) atoms. The number of rotatable bonds is 1. The highest BCUT2D eigenvalue weighted by Gasteiger charge is 2.51. The number of ether oxygens (including phenoxy) is 1. The molecule has 0 saturated carbocycles. The molecular weight excluding hydrogens is 252 g/mol. The number of halogens is 1. The van der Waals surface area contributed by atoms with Crippen molar-refractivity contribution in [1.82, 2.24) is 4.90 Å². The molecule has 0 radical (unpaired) electrons. The second-order valence-electron chi connectivity index (χ2n) is 5.97. The van der Waals surface area contributed by atoms with E-state index >= 15 is 0 Å². The van der Waals surface area contributed by atoms with Gasteiger partial charge in [0.25, 0.3) is 0 Å². The molecular formula is C13H23ClN2O2. The van der Waals surface area contributed by atoms with Crippen LogP contribution in [0.2, 0.25) is 0 Å². The summed E-state index contributed by atoms with van der Waals surface area (Å²) in [5.74, 6) is 0.251. The Hall–Kier alpha value is -0.740. The zero-order valence-corrected chi connectivity index (χ0v) is 12.1. The maximum absolute atomic E-state index is 12.2. The highest BCUT2D eigenvalue weighted by Crippen LogP contribution is 2.44. The SMILES string of the molecule is C=C1[C@@H](CN)[C@H]2CC[C@@H]1N2C(=O)OC(C)(C)C.Cl. The van der Waals surface area contributed by atoms with Crippen LogP contribution in [0.5, 0.6) is 0 Å². The first-order chi connectivity index (χ1) is 7.85. The fraction of sp³-hybridized carbons (Fsp3) is 0.769. The fourth-order valence-electron chi connectivity index (χ4n) is 2.98. The topological polar surface area (TPSA) is 55.6 Å². The molecule has 2 saturated heterocycles. The lowest BCUT2D eigenvalue weighted by atomic mass is 9.85. The summed E-state index contributed by atoms with van der Waals surface area (Å²) in [5.41, 5.74) is 6.42. The molecule has 2 N–H and O–H groups in total. The van der Waals surface area contributed by atoms with Crippen molar-refractivity contribution >= 4 is 18.5 Å². The van der Waals surface area contributed by atoms with E-state index in [1.165, 1.54) is 0 Å². The van der Waals surface area contributed by atoms with Crippen molar-refractivity contribution in [2.45, 2.75) is 51.3 Å². The molecule has 104 valence electrons. The molecule has 2 fully saturated rings. The van der Waals surface area contributed by atoms with E-state index < -0.39 is 5.60 Å². The van der Waals surface area contributed by atoms with Crippen molar-refractivity contribution in [2.75, 3.05) is 6.54 Å². The van der Waals surface area contributed by atoms with Gasteiger partial charge in [-0.15, -0.1) is 12.4 Å². The second-order valence-corrected chi connectivity index (χ2v) is 5.97. The molecule has 0 aromatic carbocycles. The van der Waals surface area contributed by atoms with Crippen LogP contribution >= 0.6 is 12.4 Å². The van der Waals surface area contributed by atoms with Crippen molar-refractivity contribution < 1.29 is 9.53 Å². The Morgan fingerprint density at radius 2 is 2.11 bits per heavy atom. The highest BCUT2D eigenvalue weighted by molar-refractivity contribution is 5.85. The van der Waals surface area contributed by atoms with E-state index in [-0.39, 0.29) is 36.5 Å². The summed E-state index contributed by atoms with van der Waals surface area (Å²) in [7, 11) is 0. The van der Waals surface area contributed by atoms with Crippen LogP contribution in [0.3, 0.4) is 0 Å². The average molecular weight is 275 g/mol. The van der Waals surface area contributed by atoms with Gasteiger partial charge in [-0.05, 0) is 39.2 Å². The van der Waals surface area contributed by atoms with Crippen LogP contribution in [0.25, 0.3) is 0 Å². The van der Waals surface area contributed by atoms with E-state index in [4.69, 9.17) is 10.5 Å². The molecule has 2 aliphatic rings. The number of nitrogens with zero attached hydrogens (tertiary/aromatic N) is 1. The molecule has 3 atom stereocenters. The van der Waals surface area contributed by atoms with Crippen molar-refractivity contribution in [1.29, 1.82) is 0 Å². The Bertz CT molecular complexity index is 351. The van der Waals surface area contributed by atoms with E-state index in [9.17, 15) is 4.79 Å². The number of carbonyl (C=O) groups excluding carboxylic acids is 1. The number of nitrogens with two attached hydrogens (primary N) is 1. The van der Waals surface area contributed by atoms with Crippen LogP contribution in [0, 0.1) is 5.92 Å².